The minimum absolute atomic E-state index is 0.0834. The maximum atomic E-state index is 12.6. The van der Waals surface area contributed by atoms with Crippen molar-refractivity contribution in [1.82, 2.24) is 40.0 Å². The van der Waals surface area contributed by atoms with Crippen LogP contribution >= 0.6 is 0 Å². The van der Waals surface area contributed by atoms with E-state index in [1.807, 2.05) is 40.1 Å². The fraction of sp³-hybridized carbons (Fsp3) is 0.389. The lowest BCUT2D eigenvalue weighted by Crippen LogP contribution is -2.29. The summed E-state index contributed by atoms with van der Waals surface area (Å²) in [4.78, 5) is 25.2. The average Bonchev–Trinajstić information content (AvgIpc) is 3.27. The van der Waals surface area contributed by atoms with Gasteiger partial charge in [-0.3, -0.25) is 23.6 Å². The monoisotopic (exact) mass is 384 g/mol. The van der Waals surface area contributed by atoms with Gasteiger partial charge in [-0.25, -0.2) is 0 Å². The van der Waals surface area contributed by atoms with Gasteiger partial charge in [-0.1, -0.05) is 0 Å². The zero-order valence-corrected chi connectivity index (χ0v) is 16.6. The van der Waals surface area contributed by atoms with Crippen LogP contribution in [0.3, 0.4) is 0 Å². The summed E-state index contributed by atoms with van der Waals surface area (Å²) in [5, 5.41) is 18.3. The van der Waals surface area contributed by atoms with Crippen LogP contribution in [0.2, 0.25) is 0 Å². The molecule has 2 amide bonds. The standard InChI is InChI=1S/C18H24N8O2/c1-11-6-13(25(4)21-11)8-19-17(27)15-10-24(3)23-16(15)18(28)20-9-14-7-12(2)22-26(14)5/h6-7,10H,8-9H2,1-5H3,(H,19,27)(H,20,28). The molecule has 0 aliphatic carbocycles. The number of aromatic nitrogens is 6. The maximum Gasteiger partial charge on any atom is 0.272 e. The van der Waals surface area contributed by atoms with Crippen LogP contribution in [0.15, 0.2) is 18.3 Å². The first-order valence-corrected chi connectivity index (χ1v) is 8.83. The van der Waals surface area contributed by atoms with E-state index >= 15 is 0 Å². The van der Waals surface area contributed by atoms with Crippen molar-refractivity contribution >= 4 is 11.8 Å². The van der Waals surface area contributed by atoms with Gasteiger partial charge in [0.15, 0.2) is 5.69 Å². The van der Waals surface area contributed by atoms with Gasteiger partial charge < -0.3 is 10.6 Å². The molecule has 2 N–H and O–H groups in total. The summed E-state index contributed by atoms with van der Waals surface area (Å²) in [5.41, 5.74) is 3.78. The lowest BCUT2D eigenvalue weighted by molar-refractivity contribution is 0.0913. The van der Waals surface area contributed by atoms with Crippen LogP contribution in [-0.4, -0.2) is 41.2 Å². The Morgan fingerprint density at radius 1 is 0.857 bits per heavy atom. The number of nitrogens with zero attached hydrogens (tertiary/aromatic N) is 6. The maximum absolute atomic E-state index is 12.6. The Balaban J connectivity index is 1.69. The fourth-order valence-corrected chi connectivity index (χ4v) is 3.00. The molecule has 3 heterocycles. The smallest absolute Gasteiger partial charge is 0.272 e. The zero-order chi connectivity index (χ0) is 20.4. The summed E-state index contributed by atoms with van der Waals surface area (Å²) < 4.78 is 4.87. The van der Waals surface area contributed by atoms with E-state index in [9.17, 15) is 9.59 Å². The molecule has 0 aliphatic rings. The summed E-state index contributed by atoms with van der Waals surface area (Å²) in [6.45, 7) is 4.37. The van der Waals surface area contributed by atoms with Crippen molar-refractivity contribution in [2.45, 2.75) is 26.9 Å². The summed E-state index contributed by atoms with van der Waals surface area (Å²) in [6, 6.07) is 3.79. The molecule has 0 aromatic carbocycles. The Bertz CT molecular complexity index is 947. The van der Waals surface area contributed by atoms with Crippen molar-refractivity contribution in [3.05, 3.63) is 52.4 Å². The normalized spacial score (nSPS) is 10.9. The van der Waals surface area contributed by atoms with Gasteiger partial charge >= 0.3 is 0 Å². The molecule has 3 aromatic heterocycles. The number of nitrogens with one attached hydrogen (secondary N) is 2. The molecule has 10 nitrogen and oxygen atoms in total. The van der Waals surface area contributed by atoms with Crippen LogP contribution in [0, 0.1) is 13.8 Å². The Labute approximate surface area is 162 Å². The highest BCUT2D eigenvalue weighted by Crippen LogP contribution is 2.09. The van der Waals surface area contributed by atoms with Crippen LogP contribution in [-0.2, 0) is 34.2 Å². The van der Waals surface area contributed by atoms with Crippen LogP contribution in [0.25, 0.3) is 0 Å². The molecule has 0 spiro atoms. The van der Waals surface area contributed by atoms with E-state index in [1.54, 1.807) is 16.4 Å². The van der Waals surface area contributed by atoms with Gasteiger partial charge in [0.2, 0.25) is 0 Å². The number of rotatable bonds is 6. The summed E-state index contributed by atoms with van der Waals surface area (Å²) in [6.07, 6.45) is 1.53. The van der Waals surface area contributed by atoms with E-state index in [2.05, 4.69) is 25.9 Å². The molecule has 148 valence electrons. The van der Waals surface area contributed by atoms with Crippen molar-refractivity contribution in [1.29, 1.82) is 0 Å². The van der Waals surface area contributed by atoms with Gasteiger partial charge in [0.25, 0.3) is 11.8 Å². The number of carbonyl (C=O) groups is 2. The number of hydrogen-bond acceptors (Lipinski definition) is 5. The second-order valence-corrected chi connectivity index (χ2v) is 6.73. The first kappa shape index (κ1) is 19.3. The Morgan fingerprint density at radius 2 is 1.36 bits per heavy atom. The third-order valence-electron chi connectivity index (χ3n) is 4.35. The molecule has 3 aromatic rings. The van der Waals surface area contributed by atoms with Crippen molar-refractivity contribution in [2.24, 2.45) is 21.1 Å². The lowest BCUT2D eigenvalue weighted by atomic mass is 10.2. The molecule has 10 heteroatoms. The van der Waals surface area contributed by atoms with Crippen LogP contribution in [0.4, 0.5) is 0 Å². The highest BCUT2D eigenvalue weighted by Gasteiger charge is 2.22. The molecule has 0 aliphatic heterocycles. The lowest BCUT2D eigenvalue weighted by Gasteiger charge is -2.07. The minimum atomic E-state index is -0.416. The molecule has 0 fully saturated rings. The molecule has 0 atom stereocenters. The second-order valence-electron chi connectivity index (χ2n) is 6.73. The van der Waals surface area contributed by atoms with E-state index in [1.165, 1.54) is 10.9 Å². The second kappa shape index (κ2) is 7.67. The molecule has 0 bridgehead atoms. The Hall–Kier alpha value is -3.43. The zero-order valence-electron chi connectivity index (χ0n) is 16.6. The third-order valence-corrected chi connectivity index (χ3v) is 4.35. The first-order chi connectivity index (χ1) is 13.2. The molecule has 28 heavy (non-hydrogen) atoms. The SMILES string of the molecule is Cc1cc(CNC(=O)c2cn(C)nc2C(=O)NCc2cc(C)nn2C)n(C)n1. The Kier molecular flexibility index (Phi) is 5.30. The summed E-state index contributed by atoms with van der Waals surface area (Å²) in [7, 11) is 5.30. The van der Waals surface area contributed by atoms with E-state index < -0.39 is 5.91 Å². The number of hydrogen-bond donors (Lipinski definition) is 2. The van der Waals surface area contributed by atoms with E-state index in [-0.39, 0.29) is 17.2 Å². The van der Waals surface area contributed by atoms with Crippen molar-refractivity contribution in [3.63, 3.8) is 0 Å². The molecular formula is C18H24N8O2. The number of aryl methyl sites for hydroxylation is 5. The number of carbonyl (C=O) groups excluding carboxylic acids is 2. The fourth-order valence-electron chi connectivity index (χ4n) is 3.00. The highest BCUT2D eigenvalue weighted by atomic mass is 16.2. The van der Waals surface area contributed by atoms with E-state index in [0.717, 1.165) is 22.8 Å². The topological polar surface area (TPSA) is 112 Å². The van der Waals surface area contributed by atoms with Crippen LogP contribution < -0.4 is 10.6 Å². The number of amides is 2. The van der Waals surface area contributed by atoms with Crippen molar-refractivity contribution in [3.8, 4) is 0 Å². The first-order valence-electron chi connectivity index (χ1n) is 8.83. The predicted molar refractivity (Wildman–Crippen MR) is 101 cm³/mol. The van der Waals surface area contributed by atoms with Crippen molar-refractivity contribution < 1.29 is 9.59 Å². The Morgan fingerprint density at radius 3 is 1.82 bits per heavy atom. The van der Waals surface area contributed by atoms with E-state index in [4.69, 9.17) is 0 Å². The highest BCUT2D eigenvalue weighted by molar-refractivity contribution is 6.05. The quantitative estimate of drug-likeness (QED) is 0.638. The largest absolute Gasteiger partial charge is 0.346 e. The van der Waals surface area contributed by atoms with Crippen LogP contribution in [0.5, 0.6) is 0 Å². The summed E-state index contributed by atoms with van der Waals surface area (Å²) in [5.74, 6) is -0.783. The van der Waals surface area contributed by atoms with Gasteiger partial charge in [-0.05, 0) is 26.0 Å². The molecule has 3 rings (SSSR count). The van der Waals surface area contributed by atoms with Gasteiger partial charge in [-0.2, -0.15) is 15.3 Å². The molecule has 0 unspecified atom stereocenters. The van der Waals surface area contributed by atoms with Gasteiger partial charge in [-0.15, -0.1) is 0 Å². The predicted octanol–water partition coefficient (Wildman–Crippen LogP) is 0.364. The third kappa shape index (κ3) is 4.11. The molecule has 0 saturated heterocycles. The van der Waals surface area contributed by atoms with Crippen LogP contribution in [0.1, 0.15) is 43.6 Å². The van der Waals surface area contributed by atoms with Gasteiger partial charge in [0.05, 0.1) is 41.4 Å². The molecule has 0 radical (unpaired) electrons. The van der Waals surface area contributed by atoms with Gasteiger partial charge in [0, 0.05) is 27.3 Å². The van der Waals surface area contributed by atoms with Crippen molar-refractivity contribution in [2.75, 3.05) is 0 Å². The van der Waals surface area contributed by atoms with Gasteiger partial charge in [0.1, 0.15) is 0 Å². The minimum Gasteiger partial charge on any atom is -0.346 e. The molecular weight excluding hydrogens is 360 g/mol. The summed E-state index contributed by atoms with van der Waals surface area (Å²) >= 11 is 0. The van der Waals surface area contributed by atoms with E-state index in [0.29, 0.717) is 13.1 Å². The average molecular weight is 384 g/mol. The molecule has 0 saturated carbocycles.